The van der Waals surface area contributed by atoms with Crippen LogP contribution in [-0.4, -0.2) is 13.1 Å². The molecule has 19 heavy (non-hydrogen) atoms. The van der Waals surface area contributed by atoms with E-state index in [1.54, 1.807) is 0 Å². The van der Waals surface area contributed by atoms with Gasteiger partial charge >= 0.3 is 5.97 Å². The molecule has 2 atom stereocenters. The molecule has 2 heteroatoms. The van der Waals surface area contributed by atoms with Crippen LogP contribution in [0, 0.1) is 11.8 Å². The van der Waals surface area contributed by atoms with Gasteiger partial charge in [-0.25, -0.2) is 0 Å². The summed E-state index contributed by atoms with van der Waals surface area (Å²) >= 11 is 0. The zero-order valence-corrected chi connectivity index (χ0v) is 12.7. The Labute approximate surface area is 118 Å². The number of rotatable bonds is 9. The third kappa shape index (κ3) is 5.80. The first-order chi connectivity index (χ1) is 9.19. The van der Waals surface area contributed by atoms with Crippen molar-refractivity contribution in [3.63, 3.8) is 0 Å². The van der Waals surface area contributed by atoms with E-state index in [9.17, 15) is 4.79 Å². The molecule has 0 radical (unpaired) electrons. The molecule has 2 unspecified atom stereocenters. The highest BCUT2D eigenvalue weighted by Gasteiger charge is 2.28. The van der Waals surface area contributed by atoms with Gasteiger partial charge in [0, 0.05) is 6.42 Å². The van der Waals surface area contributed by atoms with Crippen molar-refractivity contribution in [3.8, 4) is 0 Å². The van der Waals surface area contributed by atoms with Gasteiger partial charge in [-0.1, -0.05) is 51.2 Å². The number of ether oxygens (including phenoxy) is 1. The molecule has 0 heterocycles. The molecule has 1 saturated carbocycles. The van der Waals surface area contributed by atoms with E-state index in [1.807, 2.05) is 0 Å². The largest absolute Gasteiger partial charge is 0.469 e. The summed E-state index contributed by atoms with van der Waals surface area (Å²) in [7, 11) is 1.46. The van der Waals surface area contributed by atoms with Crippen LogP contribution in [0.1, 0.15) is 71.1 Å². The number of unbranched alkanes of at least 4 members (excludes halogenated alkanes) is 3. The smallest absolute Gasteiger partial charge is 0.305 e. The third-order valence-corrected chi connectivity index (χ3v) is 4.46. The zero-order valence-electron chi connectivity index (χ0n) is 12.7. The minimum atomic E-state index is -0.0767. The fourth-order valence-electron chi connectivity index (χ4n) is 3.34. The maximum Gasteiger partial charge on any atom is 0.305 e. The first kappa shape index (κ1) is 16.3. The van der Waals surface area contributed by atoms with Gasteiger partial charge < -0.3 is 4.74 Å². The van der Waals surface area contributed by atoms with Crippen LogP contribution in [0.2, 0.25) is 0 Å². The Balaban J connectivity index is 2.10. The van der Waals surface area contributed by atoms with Crippen LogP contribution in [-0.2, 0) is 9.53 Å². The molecule has 0 bridgehead atoms. The summed E-state index contributed by atoms with van der Waals surface area (Å²) in [6, 6.07) is 0. The maximum atomic E-state index is 11.0. The summed E-state index contributed by atoms with van der Waals surface area (Å²) in [6.07, 6.45) is 11.8. The molecule has 0 N–H and O–H groups in total. The lowest BCUT2D eigenvalue weighted by molar-refractivity contribution is -0.140. The quantitative estimate of drug-likeness (QED) is 0.338. The van der Waals surface area contributed by atoms with Gasteiger partial charge in [-0.3, -0.25) is 4.79 Å². The van der Waals surface area contributed by atoms with Gasteiger partial charge in [0.05, 0.1) is 7.11 Å². The molecule has 0 aromatic carbocycles. The average Bonchev–Trinajstić information content (AvgIpc) is 2.75. The number of hydrogen-bond donors (Lipinski definition) is 0. The molecule has 1 aliphatic carbocycles. The van der Waals surface area contributed by atoms with Gasteiger partial charge in [-0.2, -0.15) is 0 Å². The number of hydrogen-bond acceptors (Lipinski definition) is 2. The van der Waals surface area contributed by atoms with Crippen molar-refractivity contribution >= 4 is 5.97 Å². The highest BCUT2D eigenvalue weighted by Crippen LogP contribution is 2.41. The van der Waals surface area contributed by atoms with Crippen molar-refractivity contribution in [2.45, 2.75) is 71.1 Å². The Morgan fingerprint density at radius 2 is 2.00 bits per heavy atom. The Morgan fingerprint density at radius 3 is 2.68 bits per heavy atom. The normalized spacial score (nSPS) is 22.7. The second kappa shape index (κ2) is 9.17. The van der Waals surface area contributed by atoms with E-state index in [4.69, 9.17) is 0 Å². The predicted molar refractivity (Wildman–Crippen MR) is 80.0 cm³/mol. The monoisotopic (exact) mass is 266 g/mol. The number of esters is 1. The van der Waals surface area contributed by atoms with Crippen LogP contribution in [0.4, 0.5) is 0 Å². The number of carbonyl (C=O) groups is 1. The lowest BCUT2D eigenvalue weighted by Crippen LogP contribution is -2.09. The second-order valence-corrected chi connectivity index (χ2v) is 5.88. The van der Waals surface area contributed by atoms with Gasteiger partial charge in [0.1, 0.15) is 0 Å². The number of methoxy groups -OCH3 is 1. The molecule has 0 aliphatic heterocycles. The van der Waals surface area contributed by atoms with Crippen molar-refractivity contribution < 1.29 is 9.53 Å². The van der Waals surface area contributed by atoms with Gasteiger partial charge in [-0.15, -0.1) is 0 Å². The van der Waals surface area contributed by atoms with E-state index < -0.39 is 0 Å². The fraction of sp³-hybridized carbons (Fsp3) is 0.824. The van der Waals surface area contributed by atoms with Gasteiger partial charge in [0.25, 0.3) is 0 Å². The van der Waals surface area contributed by atoms with Crippen molar-refractivity contribution in [1.82, 2.24) is 0 Å². The lowest BCUT2D eigenvalue weighted by atomic mass is 9.86. The average molecular weight is 266 g/mol. The van der Waals surface area contributed by atoms with Gasteiger partial charge in [0.15, 0.2) is 0 Å². The highest BCUT2D eigenvalue weighted by molar-refractivity contribution is 5.68. The summed E-state index contributed by atoms with van der Waals surface area (Å²) in [5.41, 5.74) is 1.49. The Kier molecular flexibility index (Phi) is 7.85. The van der Waals surface area contributed by atoms with E-state index in [2.05, 4.69) is 18.2 Å². The molecule has 0 aromatic rings. The van der Waals surface area contributed by atoms with Crippen molar-refractivity contribution in [3.05, 3.63) is 12.2 Å². The van der Waals surface area contributed by atoms with Gasteiger partial charge in [-0.05, 0) is 37.5 Å². The highest BCUT2D eigenvalue weighted by atomic mass is 16.5. The van der Waals surface area contributed by atoms with E-state index in [-0.39, 0.29) is 5.97 Å². The molecule has 110 valence electrons. The molecule has 0 spiro atoms. The van der Waals surface area contributed by atoms with E-state index in [0.29, 0.717) is 6.42 Å². The summed E-state index contributed by atoms with van der Waals surface area (Å²) in [5.74, 6) is 1.60. The number of allylic oxidation sites excluding steroid dienone is 1. The standard InChI is InChI=1S/C17H30O2/c1-4-9-15-13-12-14(2)16(15)10-7-5-6-8-11-17(18)19-3/h15-16H,2,4-13H2,1,3H3. The molecule has 0 aromatic heterocycles. The van der Waals surface area contributed by atoms with E-state index in [0.717, 1.165) is 24.7 Å². The van der Waals surface area contributed by atoms with Gasteiger partial charge in [0.2, 0.25) is 0 Å². The summed E-state index contributed by atoms with van der Waals surface area (Å²) in [5, 5.41) is 0. The van der Waals surface area contributed by atoms with Crippen LogP contribution in [0.15, 0.2) is 12.2 Å². The Morgan fingerprint density at radius 1 is 1.26 bits per heavy atom. The summed E-state index contributed by atoms with van der Waals surface area (Å²) in [6.45, 7) is 6.54. The minimum Gasteiger partial charge on any atom is -0.469 e. The third-order valence-electron chi connectivity index (χ3n) is 4.46. The molecular weight excluding hydrogens is 236 g/mol. The van der Waals surface area contributed by atoms with E-state index in [1.165, 1.54) is 57.6 Å². The Hall–Kier alpha value is -0.790. The first-order valence-electron chi connectivity index (χ1n) is 7.93. The van der Waals surface area contributed by atoms with Crippen molar-refractivity contribution in [1.29, 1.82) is 0 Å². The molecule has 0 saturated heterocycles. The molecule has 1 fully saturated rings. The topological polar surface area (TPSA) is 26.3 Å². The Bertz CT molecular complexity index is 283. The maximum absolute atomic E-state index is 11.0. The van der Waals surface area contributed by atoms with Crippen molar-refractivity contribution in [2.75, 3.05) is 7.11 Å². The molecule has 2 nitrogen and oxygen atoms in total. The molecular formula is C17H30O2. The zero-order chi connectivity index (χ0) is 14.1. The number of carbonyl (C=O) groups excluding carboxylic acids is 1. The van der Waals surface area contributed by atoms with Crippen LogP contribution in [0.5, 0.6) is 0 Å². The lowest BCUT2D eigenvalue weighted by Gasteiger charge is -2.19. The SMILES string of the molecule is C=C1CCC(CCC)C1CCCCCCC(=O)OC. The van der Waals surface area contributed by atoms with Crippen LogP contribution in [0.25, 0.3) is 0 Å². The van der Waals surface area contributed by atoms with Crippen molar-refractivity contribution in [2.24, 2.45) is 11.8 Å². The summed E-state index contributed by atoms with van der Waals surface area (Å²) < 4.78 is 4.64. The van der Waals surface area contributed by atoms with E-state index >= 15 is 0 Å². The predicted octanol–water partition coefficient (Wildman–Crippen LogP) is 4.88. The molecule has 1 rings (SSSR count). The van der Waals surface area contributed by atoms with Crippen LogP contribution >= 0.6 is 0 Å². The molecule has 1 aliphatic rings. The first-order valence-corrected chi connectivity index (χ1v) is 7.93. The second-order valence-electron chi connectivity index (χ2n) is 5.88. The summed E-state index contributed by atoms with van der Waals surface area (Å²) in [4.78, 5) is 11.0. The molecule has 0 amide bonds. The minimum absolute atomic E-state index is 0.0767. The van der Waals surface area contributed by atoms with Crippen LogP contribution < -0.4 is 0 Å². The van der Waals surface area contributed by atoms with Crippen LogP contribution in [0.3, 0.4) is 0 Å². The fourth-order valence-corrected chi connectivity index (χ4v) is 3.34.